The van der Waals surface area contributed by atoms with Crippen LogP contribution in [0, 0.1) is 11.3 Å². The van der Waals surface area contributed by atoms with Crippen LogP contribution < -0.4 is 5.32 Å². The van der Waals surface area contributed by atoms with Gasteiger partial charge in [-0.05, 0) is 29.3 Å². The molecule has 2 aromatic rings. The number of benzene rings is 2. The van der Waals surface area contributed by atoms with Crippen LogP contribution in [0.1, 0.15) is 29.2 Å². The SMILES string of the molecule is CCS(=O)(=O)CC(O)(C(=O)Nc1ccc(C#N)c(C(F)(F)F)c1)c1ccc(CC(F)(F)F)cc1. The summed E-state index contributed by atoms with van der Waals surface area (Å²) in [6.45, 7) is 1.23. The average molecular weight is 508 g/mol. The predicted octanol–water partition coefficient (Wildman–Crippen LogP) is 3.94. The number of carbonyl (C=O) groups excluding carboxylic acids is 1. The van der Waals surface area contributed by atoms with Gasteiger partial charge in [-0.25, -0.2) is 8.42 Å². The van der Waals surface area contributed by atoms with E-state index in [1.807, 2.05) is 5.32 Å². The number of anilines is 1. The van der Waals surface area contributed by atoms with E-state index in [1.54, 1.807) is 0 Å². The van der Waals surface area contributed by atoms with Crippen molar-refractivity contribution in [1.82, 2.24) is 0 Å². The molecule has 2 rings (SSSR count). The molecule has 0 aliphatic rings. The fourth-order valence-electron chi connectivity index (χ4n) is 3.02. The molecule has 0 aliphatic heterocycles. The second-order valence-corrected chi connectivity index (χ2v) is 9.70. The minimum Gasteiger partial charge on any atom is -0.374 e. The smallest absolute Gasteiger partial charge is 0.374 e. The van der Waals surface area contributed by atoms with E-state index in [9.17, 15) is 44.7 Å². The zero-order chi connectivity index (χ0) is 25.9. The molecule has 0 aliphatic carbocycles. The summed E-state index contributed by atoms with van der Waals surface area (Å²) in [6.07, 6.45) is -10.8. The molecule has 0 aromatic heterocycles. The molecule has 2 aromatic carbocycles. The molecule has 1 atom stereocenters. The average Bonchev–Trinajstić information content (AvgIpc) is 2.72. The number of hydrogen-bond acceptors (Lipinski definition) is 5. The first-order chi connectivity index (χ1) is 15.5. The summed E-state index contributed by atoms with van der Waals surface area (Å²) >= 11 is 0. The summed E-state index contributed by atoms with van der Waals surface area (Å²) in [7, 11) is -4.06. The van der Waals surface area contributed by atoms with E-state index in [2.05, 4.69) is 0 Å². The van der Waals surface area contributed by atoms with Crippen molar-refractivity contribution in [2.45, 2.75) is 31.3 Å². The van der Waals surface area contributed by atoms with Crippen LogP contribution in [0.15, 0.2) is 42.5 Å². The van der Waals surface area contributed by atoms with Crippen LogP contribution in [0.25, 0.3) is 0 Å². The molecule has 0 radical (unpaired) electrons. The molecule has 1 unspecified atom stereocenters. The van der Waals surface area contributed by atoms with Gasteiger partial charge in [0.2, 0.25) is 0 Å². The number of hydrogen-bond donors (Lipinski definition) is 2. The molecule has 2 N–H and O–H groups in total. The molecule has 0 bridgehead atoms. The van der Waals surface area contributed by atoms with Crippen molar-refractivity contribution in [1.29, 1.82) is 5.26 Å². The fraction of sp³-hybridized carbons (Fsp3) is 0.333. The lowest BCUT2D eigenvalue weighted by Gasteiger charge is -2.27. The first-order valence-electron chi connectivity index (χ1n) is 9.52. The number of nitriles is 1. The van der Waals surface area contributed by atoms with Crippen LogP contribution in [0.2, 0.25) is 0 Å². The Kier molecular flexibility index (Phi) is 7.69. The van der Waals surface area contributed by atoms with Crippen molar-refractivity contribution in [2.75, 3.05) is 16.8 Å². The van der Waals surface area contributed by atoms with E-state index in [0.29, 0.717) is 6.07 Å². The van der Waals surface area contributed by atoms with Gasteiger partial charge in [0.15, 0.2) is 15.4 Å². The number of nitrogens with zero attached hydrogens (tertiary/aromatic N) is 1. The second-order valence-electron chi connectivity index (χ2n) is 7.35. The van der Waals surface area contributed by atoms with Crippen LogP contribution in [0.3, 0.4) is 0 Å². The minimum absolute atomic E-state index is 0.223. The van der Waals surface area contributed by atoms with Gasteiger partial charge in [-0.2, -0.15) is 31.6 Å². The highest BCUT2D eigenvalue weighted by Crippen LogP contribution is 2.34. The Hall–Kier alpha value is -3.11. The number of carbonyl (C=O) groups is 1. The maximum absolute atomic E-state index is 13.2. The van der Waals surface area contributed by atoms with Gasteiger partial charge in [0, 0.05) is 11.4 Å². The summed E-state index contributed by atoms with van der Waals surface area (Å²) in [4.78, 5) is 12.9. The van der Waals surface area contributed by atoms with E-state index in [0.717, 1.165) is 36.4 Å². The monoisotopic (exact) mass is 508 g/mol. The molecule has 0 spiro atoms. The van der Waals surface area contributed by atoms with Gasteiger partial charge in [0.1, 0.15) is 0 Å². The number of halogens is 6. The van der Waals surface area contributed by atoms with Gasteiger partial charge >= 0.3 is 12.4 Å². The minimum atomic E-state index is -4.94. The first kappa shape index (κ1) is 27.1. The van der Waals surface area contributed by atoms with E-state index >= 15 is 0 Å². The molecule has 0 fully saturated rings. The normalized spacial score (nSPS) is 14.2. The predicted molar refractivity (Wildman–Crippen MR) is 109 cm³/mol. The quantitative estimate of drug-likeness (QED) is 0.551. The highest BCUT2D eigenvalue weighted by Gasteiger charge is 2.43. The first-order valence-corrected chi connectivity index (χ1v) is 11.3. The number of sulfone groups is 1. The van der Waals surface area contributed by atoms with E-state index in [1.165, 1.54) is 13.0 Å². The Bertz CT molecular complexity index is 1200. The van der Waals surface area contributed by atoms with Crippen LogP contribution in [0.4, 0.5) is 32.0 Å². The lowest BCUT2D eigenvalue weighted by Crippen LogP contribution is -2.46. The Balaban J connectivity index is 2.49. The van der Waals surface area contributed by atoms with Crippen molar-refractivity contribution < 1.29 is 44.7 Å². The van der Waals surface area contributed by atoms with Crippen LogP contribution in [0.5, 0.6) is 0 Å². The summed E-state index contributed by atoms with van der Waals surface area (Å²) in [5.41, 5.74) is -6.02. The Morgan fingerprint density at radius 1 is 1.06 bits per heavy atom. The van der Waals surface area contributed by atoms with Crippen molar-refractivity contribution in [3.8, 4) is 6.07 Å². The molecule has 0 heterocycles. The molecular formula is C21H18F6N2O4S. The Morgan fingerprint density at radius 2 is 1.65 bits per heavy atom. The zero-order valence-corrected chi connectivity index (χ0v) is 18.3. The number of alkyl halides is 6. The molecule has 0 saturated heterocycles. The van der Waals surface area contributed by atoms with Crippen LogP contribution in [-0.4, -0.2) is 37.1 Å². The van der Waals surface area contributed by atoms with E-state index < -0.39 is 68.4 Å². The van der Waals surface area contributed by atoms with Crippen molar-refractivity contribution in [3.05, 3.63) is 64.7 Å². The van der Waals surface area contributed by atoms with Crippen LogP contribution >= 0.6 is 0 Å². The highest BCUT2D eigenvalue weighted by atomic mass is 32.2. The summed E-state index contributed by atoms with van der Waals surface area (Å²) in [5, 5.41) is 21.9. The van der Waals surface area contributed by atoms with Crippen molar-refractivity contribution in [2.24, 2.45) is 0 Å². The second kappa shape index (κ2) is 9.63. The third kappa shape index (κ3) is 6.71. The van der Waals surface area contributed by atoms with Gasteiger partial charge in [0.25, 0.3) is 5.91 Å². The van der Waals surface area contributed by atoms with Crippen molar-refractivity contribution in [3.63, 3.8) is 0 Å². The molecular weight excluding hydrogens is 490 g/mol. The molecule has 0 saturated carbocycles. The van der Waals surface area contributed by atoms with Gasteiger partial charge in [-0.1, -0.05) is 31.2 Å². The molecule has 34 heavy (non-hydrogen) atoms. The van der Waals surface area contributed by atoms with E-state index in [-0.39, 0.29) is 11.1 Å². The number of rotatable bonds is 7. The summed E-state index contributed by atoms with van der Waals surface area (Å²) < 4.78 is 102. The maximum atomic E-state index is 13.2. The molecule has 6 nitrogen and oxygen atoms in total. The Labute approximate surface area is 190 Å². The zero-order valence-electron chi connectivity index (χ0n) is 17.5. The lowest BCUT2D eigenvalue weighted by molar-refractivity contribution is -0.138. The van der Waals surface area contributed by atoms with Crippen LogP contribution in [-0.2, 0) is 32.8 Å². The van der Waals surface area contributed by atoms with Gasteiger partial charge in [-0.3, -0.25) is 4.79 Å². The third-order valence-corrected chi connectivity index (χ3v) is 6.52. The largest absolute Gasteiger partial charge is 0.417 e. The topological polar surface area (TPSA) is 107 Å². The summed E-state index contributed by atoms with van der Waals surface area (Å²) in [6, 6.07) is 7.30. The van der Waals surface area contributed by atoms with Crippen molar-refractivity contribution >= 4 is 21.4 Å². The number of nitrogens with one attached hydrogen (secondary N) is 1. The molecule has 1 amide bonds. The third-order valence-electron chi connectivity index (χ3n) is 4.78. The lowest BCUT2D eigenvalue weighted by atomic mass is 9.93. The van der Waals surface area contributed by atoms with Gasteiger partial charge in [0.05, 0.1) is 29.4 Å². The summed E-state index contributed by atoms with van der Waals surface area (Å²) in [5.74, 6) is -3.10. The number of aliphatic hydroxyl groups is 1. The van der Waals surface area contributed by atoms with E-state index in [4.69, 9.17) is 5.26 Å². The van der Waals surface area contributed by atoms with Gasteiger partial charge in [-0.15, -0.1) is 0 Å². The fourth-order valence-corrected chi connectivity index (χ4v) is 4.16. The Morgan fingerprint density at radius 3 is 2.12 bits per heavy atom. The van der Waals surface area contributed by atoms with Gasteiger partial charge < -0.3 is 10.4 Å². The maximum Gasteiger partial charge on any atom is 0.417 e. The number of amides is 1. The standard InChI is InChI=1S/C21H18F6N2O4S/c1-2-34(32,33)12-19(31,15-6-3-13(4-7-15)10-20(22,23)24)18(30)29-16-8-5-14(11-28)17(9-16)21(25,26)27/h3-9,31H,2,10,12H2,1H3,(H,29,30). The molecule has 13 heteroatoms. The molecule has 184 valence electrons. The highest BCUT2D eigenvalue weighted by molar-refractivity contribution is 7.91.